The molecular weight excluding hydrogens is 256 g/mol. The first-order chi connectivity index (χ1) is 7.63. The van der Waals surface area contributed by atoms with Crippen molar-refractivity contribution in [3.8, 4) is 0 Å². The average molecular weight is 278 g/mol. The molecular formula is C11H22N2O2S2. The van der Waals surface area contributed by atoms with E-state index in [1.807, 2.05) is 0 Å². The van der Waals surface area contributed by atoms with Crippen LogP contribution in [0, 0.1) is 5.92 Å². The van der Waals surface area contributed by atoms with Crippen LogP contribution in [0.1, 0.15) is 27.7 Å². The Labute approximate surface area is 109 Å². The predicted molar refractivity (Wildman–Crippen MR) is 75.4 cm³/mol. The van der Waals surface area contributed by atoms with Crippen molar-refractivity contribution in [1.29, 1.82) is 0 Å². The fourth-order valence-electron chi connectivity index (χ4n) is 1.24. The summed E-state index contributed by atoms with van der Waals surface area (Å²) in [6.07, 6.45) is 1.26. The minimum absolute atomic E-state index is 0.311. The fraction of sp³-hybridized carbons (Fsp3) is 0.909. The van der Waals surface area contributed by atoms with Gasteiger partial charge in [0.2, 0.25) is 0 Å². The van der Waals surface area contributed by atoms with Crippen LogP contribution >= 0.6 is 11.8 Å². The number of sulfone groups is 1. The summed E-state index contributed by atoms with van der Waals surface area (Å²) in [6, 6.07) is 0.445. The van der Waals surface area contributed by atoms with E-state index >= 15 is 0 Å². The van der Waals surface area contributed by atoms with Crippen LogP contribution in [-0.2, 0) is 9.84 Å². The third kappa shape index (κ3) is 3.88. The molecule has 0 aromatic rings. The molecule has 0 aliphatic carbocycles. The Hall–Kier alpha value is -0.230. The molecule has 0 amide bonds. The van der Waals surface area contributed by atoms with Crippen molar-refractivity contribution in [3.05, 3.63) is 0 Å². The molecule has 0 radical (unpaired) electrons. The van der Waals surface area contributed by atoms with E-state index in [9.17, 15) is 8.42 Å². The molecule has 1 fully saturated rings. The van der Waals surface area contributed by atoms with Crippen LogP contribution in [0.3, 0.4) is 0 Å². The summed E-state index contributed by atoms with van der Waals surface area (Å²) in [4.78, 5) is 4.38. The van der Waals surface area contributed by atoms with E-state index in [0.717, 1.165) is 10.9 Å². The van der Waals surface area contributed by atoms with Crippen molar-refractivity contribution in [2.75, 3.05) is 18.6 Å². The highest BCUT2D eigenvalue weighted by molar-refractivity contribution is 8.14. The highest BCUT2D eigenvalue weighted by Crippen LogP contribution is 2.21. The lowest BCUT2D eigenvalue weighted by Gasteiger charge is -2.20. The number of hydrogen-bond donors (Lipinski definition) is 1. The lowest BCUT2D eigenvalue weighted by atomic mass is 10.1. The van der Waals surface area contributed by atoms with Gasteiger partial charge in [0, 0.05) is 18.1 Å². The Balaban J connectivity index is 2.63. The molecule has 1 atom stereocenters. The molecule has 1 aliphatic rings. The van der Waals surface area contributed by atoms with E-state index in [1.165, 1.54) is 6.26 Å². The summed E-state index contributed by atoms with van der Waals surface area (Å²) in [5, 5.41) is 4.21. The van der Waals surface area contributed by atoms with Crippen molar-refractivity contribution < 1.29 is 8.42 Å². The molecule has 1 saturated heterocycles. The average Bonchev–Trinajstić information content (AvgIpc) is 2.61. The summed E-state index contributed by atoms with van der Waals surface area (Å²) in [6.45, 7) is 8.08. The third-order valence-electron chi connectivity index (χ3n) is 3.12. The van der Waals surface area contributed by atoms with Crippen LogP contribution < -0.4 is 5.32 Å². The molecule has 17 heavy (non-hydrogen) atoms. The second kappa shape index (κ2) is 5.18. The van der Waals surface area contributed by atoms with Crippen LogP contribution in [0.2, 0.25) is 0 Å². The molecule has 6 heteroatoms. The molecule has 0 aromatic carbocycles. The van der Waals surface area contributed by atoms with Gasteiger partial charge in [0.25, 0.3) is 0 Å². The van der Waals surface area contributed by atoms with Crippen LogP contribution in [0.25, 0.3) is 0 Å². The first kappa shape index (κ1) is 14.8. The van der Waals surface area contributed by atoms with Gasteiger partial charge in [-0.3, -0.25) is 4.99 Å². The number of rotatable bonds is 4. The van der Waals surface area contributed by atoms with Crippen LogP contribution in [-0.4, -0.2) is 42.9 Å². The molecule has 1 heterocycles. The Morgan fingerprint density at radius 3 is 2.53 bits per heavy atom. The fourth-order valence-corrected chi connectivity index (χ4v) is 2.74. The van der Waals surface area contributed by atoms with E-state index in [4.69, 9.17) is 0 Å². The van der Waals surface area contributed by atoms with Crippen LogP contribution in [0.4, 0.5) is 0 Å². The number of nitrogens with one attached hydrogen (secondary N) is 1. The minimum atomic E-state index is -3.07. The second-order valence-corrected chi connectivity index (χ2v) is 9.12. The number of thioether (sulfide) groups is 1. The first-order valence-electron chi connectivity index (χ1n) is 5.77. The zero-order chi connectivity index (χ0) is 13.3. The van der Waals surface area contributed by atoms with Gasteiger partial charge in [0.15, 0.2) is 15.0 Å². The van der Waals surface area contributed by atoms with Crippen molar-refractivity contribution in [1.82, 2.24) is 5.32 Å². The highest BCUT2D eigenvalue weighted by atomic mass is 32.2. The minimum Gasteiger partial charge on any atom is -0.361 e. The van der Waals surface area contributed by atoms with E-state index in [2.05, 4.69) is 24.2 Å². The summed E-state index contributed by atoms with van der Waals surface area (Å²) >= 11 is 1.67. The quantitative estimate of drug-likeness (QED) is 0.847. The monoisotopic (exact) mass is 278 g/mol. The third-order valence-corrected chi connectivity index (χ3v) is 6.30. The van der Waals surface area contributed by atoms with Gasteiger partial charge >= 0.3 is 0 Å². The van der Waals surface area contributed by atoms with Gasteiger partial charge in [-0.25, -0.2) is 8.42 Å². The number of amidine groups is 1. The number of nitrogens with zero attached hydrogens (tertiary/aromatic N) is 1. The Morgan fingerprint density at radius 2 is 2.12 bits per heavy atom. The summed E-state index contributed by atoms with van der Waals surface area (Å²) < 4.78 is 22.3. The van der Waals surface area contributed by atoms with Crippen molar-refractivity contribution in [2.45, 2.75) is 38.5 Å². The maximum absolute atomic E-state index is 11.5. The first-order valence-corrected chi connectivity index (χ1v) is 8.64. The van der Waals surface area contributed by atoms with Crippen molar-refractivity contribution in [3.63, 3.8) is 0 Å². The van der Waals surface area contributed by atoms with Gasteiger partial charge in [0.05, 0.1) is 11.3 Å². The van der Waals surface area contributed by atoms with Gasteiger partial charge in [-0.15, -0.1) is 0 Å². The molecule has 0 bridgehead atoms. The van der Waals surface area contributed by atoms with Gasteiger partial charge in [-0.1, -0.05) is 25.6 Å². The Bertz CT molecular complexity index is 400. The second-order valence-electron chi connectivity index (χ2n) is 5.46. The molecule has 1 aliphatic heterocycles. The standard InChI is InChI=1S/C11H22N2O2S2/c1-8(2)9-6-16-10(13-9)12-7-11(3,4)17(5,14)15/h8-9H,6-7H2,1-5H3,(H,12,13). The molecule has 0 aromatic heterocycles. The maximum atomic E-state index is 11.5. The normalized spacial score (nSPS) is 24.4. The summed E-state index contributed by atoms with van der Waals surface area (Å²) in [5.41, 5.74) is 0. The molecule has 1 unspecified atom stereocenters. The topological polar surface area (TPSA) is 58.5 Å². The van der Waals surface area contributed by atoms with Crippen molar-refractivity contribution >= 4 is 26.8 Å². The van der Waals surface area contributed by atoms with Crippen LogP contribution in [0.15, 0.2) is 4.99 Å². The lowest BCUT2D eigenvalue weighted by Crippen LogP contribution is -2.36. The number of hydrogen-bond acceptors (Lipinski definition) is 4. The van der Waals surface area contributed by atoms with E-state index < -0.39 is 14.6 Å². The van der Waals surface area contributed by atoms with Gasteiger partial charge in [-0.05, 0) is 19.8 Å². The number of aliphatic imine (C=N–C) groups is 1. The molecule has 100 valence electrons. The van der Waals surface area contributed by atoms with Gasteiger partial charge < -0.3 is 5.32 Å². The Morgan fingerprint density at radius 1 is 1.53 bits per heavy atom. The van der Waals surface area contributed by atoms with Gasteiger partial charge in [0.1, 0.15) is 0 Å². The molecule has 4 nitrogen and oxygen atoms in total. The Kier molecular flexibility index (Phi) is 4.52. The summed E-state index contributed by atoms with van der Waals surface area (Å²) in [7, 11) is -3.07. The van der Waals surface area contributed by atoms with Crippen molar-refractivity contribution in [2.24, 2.45) is 10.9 Å². The largest absolute Gasteiger partial charge is 0.361 e. The SMILES string of the molecule is CC(C)C1CSC(=NCC(C)(C)S(C)(=O)=O)N1. The smallest absolute Gasteiger partial charge is 0.156 e. The molecule has 1 N–H and O–H groups in total. The highest BCUT2D eigenvalue weighted by Gasteiger charge is 2.31. The lowest BCUT2D eigenvalue weighted by molar-refractivity contribution is 0.502. The predicted octanol–water partition coefficient (Wildman–Crippen LogP) is 1.53. The van der Waals surface area contributed by atoms with Crippen LogP contribution in [0.5, 0.6) is 0 Å². The molecule has 1 rings (SSSR count). The maximum Gasteiger partial charge on any atom is 0.156 e. The molecule has 0 saturated carbocycles. The van der Waals surface area contributed by atoms with E-state index in [1.54, 1.807) is 25.6 Å². The molecule has 0 spiro atoms. The zero-order valence-corrected chi connectivity index (χ0v) is 12.8. The summed E-state index contributed by atoms with van der Waals surface area (Å²) in [5.74, 6) is 1.58. The van der Waals surface area contributed by atoms with E-state index in [0.29, 0.717) is 18.5 Å². The van der Waals surface area contributed by atoms with E-state index in [-0.39, 0.29) is 0 Å². The zero-order valence-electron chi connectivity index (χ0n) is 11.1. The van der Waals surface area contributed by atoms with Gasteiger partial charge in [-0.2, -0.15) is 0 Å².